The Labute approximate surface area is 106 Å². The van der Waals surface area contributed by atoms with Crippen molar-refractivity contribution in [3.63, 3.8) is 0 Å². The van der Waals surface area contributed by atoms with Crippen LogP contribution in [0, 0.1) is 6.92 Å². The van der Waals surface area contributed by atoms with Crippen molar-refractivity contribution in [1.29, 1.82) is 0 Å². The zero-order valence-electron chi connectivity index (χ0n) is 11.1. The van der Waals surface area contributed by atoms with Crippen LogP contribution >= 0.6 is 0 Å². The Morgan fingerprint density at radius 3 is 2.83 bits per heavy atom. The molecule has 0 aliphatic rings. The van der Waals surface area contributed by atoms with E-state index in [1.165, 1.54) is 0 Å². The van der Waals surface area contributed by atoms with Gasteiger partial charge in [-0.05, 0) is 25.5 Å². The van der Waals surface area contributed by atoms with Gasteiger partial charge in [-0.25, -0.2) is 4.98 Å². The normalized spacial score (nSPS) is 10.8. The quantitative estimate of drug-likeness (QED) is 0.832. The molecule has 2 aromatic rings. The number of unbranched alkanes of at least 4 members (excludes halogenated alkanes) is 1. The first-order valence-corrected chi connectivity index (χ1v) is 6.23. The van der Waals surface area contributed by atoms with E-state index in [1.54, 1.807) is 17.7 Å². The summed E-state index contributed by atoms with van der Waals surface area (Å²) in [4.78, 5) is 16.9. The van der Waals surface area contributed by atoms with Gasteiger partial charge >= 0.3 is 0 Å². The predicted molar refractivity (Wildman–Crippen MR) is 72.2 cm³/mol. The first kappa shape index (κ1) is 12.6. The van der Waals surface area contributed by atoms with Crippen molar-refractivity contribution < 1.29 is 4.74 Å². The zero-order chi connectivity index (χ0) is 13.1. The number of aromatic nitrogens is 2. The molecule has 0 fully saturated rings. The van der Waals surface area contributed by atoms with E-state index >= 15 is 0 Å². The van der Waals surface area contributed by atoms with Gasteiger partial charge in [0.05, 0.1) is 12.5 Å². The van der Waals surface area contributed by atoms with Crippen LogP contribution in [0.3, 0.4) is 0 Å². The molecule has 96 valence electrons. The van der Waals surface area contributed by atoms with Crippen LogP contribution in [0.4, 0.5) is 0 Å². The largest absolute Gasteiger partial charge is 0.494 e. The van der Waals surface area contributed by atoms with Crippen LogP contribution in [0.1, 0.15) is 25.6 Å². The molecule has 0 aliphatic heterocycles. The van der Waals surface area contributed by atoms with E-state index < -0.39 is 0 Å². The maximum absolute atomic E-state index is 12.4. The van der Waals surface area contributed by atoms with Gasteiger partial charge < -0.3 is 4.74 Å². The maximum Gasteiger partial charge on any atom is 0.261 e. The molecule has 1 aromatic carbocycles. The highest BCUT2D eigenvalue weighted by molar-refractivity contribution is 5.83. The molecule has 0 bridgehead atoms. The Bertz CT molecular complexity index is 617. The van der Waals surface area contributed by atoms with Crippen molar-refractivity contribution in [2.75, 3.05) is 7.11 Å². The van der Waals surface area contributed by atoms with E-state index in [0.29, 0.717) is 16.7 Å². The van der Waals surface area contributed by atoms with Crippen molar-refractivity contribution >= 4 is 10.9 Å². The summed E-state index contributed by atoms with van der Waals surface area (Å²) < 4.78 is 6.99. The molecule has 0 unspecified atom stereocenters. The van der Waals surface area contributed by atoms with Crippen LogP contribution in [0.25, 0.3) is 10.9 Å². The number of para-hydroxylation sites is 1. The lowest BCUT2D eigenvalue weighted by molar-refractivity contribution is 0.418. The number of rotatable bonds is 4. The SMILES string of the molecule is CCCCn1c(C)nc2c(OC)cccc2c1=O. The summed E-state index contributed by atoms with van der Waals surface area (Å²) >= 11 is 0. The molecular formula is C14H18N2O2. The Morgan fingerprint density at radius 1 is 1.39 bits per heavy atom. The molecule has 0 saturated heterocycles. The van der Waals surface area contributed by atoms with Gasteiger partial charge in [-0.15, -0.1) is 0 Å². The van der Waals surface area contributed by atoms with Gasteiger partial charge in [0.25, 0.3) is 5.56 Å². The van der Waals surface area contributed by atoms with Crippen LogP contribution in [0.15, 0.2) is 23.0 Å². The number of hydrogen-bond donors (Lipinski definition) is 0. The van der Waals surface area contributed by atoms with Crippen molar-refractivity contribution in [2.45, 2.75) is 33.2 Å². The van der Waals surface area contributed by atoms with Crippen LogP contribution in [0.2, 0.25) is 0 Å². The lowest BCUT2D eigenvalue weighted by Gasteiger charge is -2.11. The van der Waals surface area contributed by atoms with E-state index in [9.17, 15) is 4.79 Å². The summed E-state index contributed by atoms with van der Waals surface area (Å²) in [6, 6.07) is 5.45. The van der Waals surface area contributed by atoms with Gasteiger partial charge in [0.15, 0.2) is 0 Å². The molecule has 0 spiro atoms. The average Bonchev–Trinajstić information content (AvgIpc) is 2.38. The molecule has 0 amide bonds. The molecule has 0 N–H and O–H groups in total. The lowest BCUT2D eigenvalue weighted by atomic mass is 10.2. The number of benzene rings is 1. The maximum atomic E-state index is 12.4. The molecule has 1 heterocycles. The van der Waals surface area contributed by atoms with Crippen molar-refractivity contribution in [3.05, 3.63) is 34.4 Å². The van der Waals surface area contributed by atoms with E-state index in [1.807, 2.05) is 19.1 Å². The predicted octanol–water partition coefficient (Wildman–Crippen LogP) is 2.51. The fourth-order valence-electron chi connectivity index (χ4n) is 2.07. The molecule has 0 atom stereocenters. The molecule has 0 saturated carbocycles. The number of methoxy groups -OCH3 is 1. The van der Waals surface area contributed by atoms with E-state index in [-0.39, 0.29) is 5.56 Å². The molecule has 4 heteroatoms. The van der Waals surface area contributed by atoms with Crippen molar-refractivity contribution in [3.8, 4) is 5.75 Å². The summed E-state index contributed by atoms with van der Waals surface area (Å²) in [5, 5.41) is 0.621. The molecule has 0 aliphatic carbocycles. The van der Waals surface area contributed by atoms with Crippen molar-refractivity contribution in [2.24, 2.45) is 0 Å². The van der Waals surface area contributed by atoms with Gasteiger partial charge in [-0.3, -0.25) is 9.36 Å². The van der Waals surface area contributed by atoms with Gasteiger partial charge in [-0.2, -0.15) is 0 Å². The summed E-state index contributed by atoms with van der Waals surface area (Å²) in [5.74, 6) is 1.39. The standard InChI is InChI=1S/C14H18N2O2/c1-4-5-9-16-10(2)15-13-11(14(16)17)7-6-8-12(13)18-3/h6-8H,4-5,9H2,1-3H3. The smallest absolute Gasteiger partial charge is 0.261 e. The van der Waals surface area contributed by atoms with E-state index in [4.69, 9.17) is 4.74 Å². The minimum Gasteiger partial charge on any atom is -0.494 e. The second-order valence-electron chi connectivity index (χ2n) is 4.33. The molecule has 0 radical (unpaired) electrons. The average molecular weight is 246 g/mol. The number of ether oxygens (including phenoxy) is 1. The van der Waals surface area contributed by atoms with Gasteiger partial charge in [0, 0.05) is 6.54 Å². The fourth-order valence-corrected chi connectivity index (χ4v) is 2.07. The number of fused-ring (bicyclic) bond motifs is 1. The third-order valence-corrected chi connectivity index (χ3v) is 3.09. The van der Waals surface area contributed by atoms with Crippen molar-refractivity contribution in [1.82, 2.24) is 9.55 Å². The lowest BCUT2D eigenvalue weighted by Crippen LogP contribution is -2.24. The first-order chi connectivity index (χ1) is 8.69. The molecule has 4 nitrogen and oxygen atoms in total. The van der Waals surface area contributed by atoms with E-state index in [2.05, 4.69) is 11.9 Å². The molecule has 2 rings (SSSR count). The number of nitrogens with zero attached hydrogens (tertiary/aromatic N) is 2. The van der Waals surface area contributed by atoms with Crippen LogP contribution in [-0.2, 0) is 6.54 Å². The van der Waals surface area contributed by atoms with Gasteiger partial charge in [0.1, 0.15) is 17.1 Å². The fraction of sp³-hybridized carbons (Fsp3) is 0.429. The van der Waals surface area contributed by atoms with Crippen LogP contribution in [0.5, 0.6) is 5.75 Å². The minimum atomic E-state index is 0.0184. The highest BCUT2D eigenvalue weighted by Gasteiger charge is 2.10. The summed E-state index contributed by atoms with van der Waals surface area (Å²) in [5.41, 5.74) is 0.667. The van der Waals surface area contributed by atoms with Gasteiger partial charge in [-0.1, -0.05) is 19.4 Å². The third-order valence-electron chi connectivity index (χ3n) is 3.09. The molecule has 1 aromatic heterocycles. The number of hydrogen-bond acceptors (Lipinski definition) is 3. The summed E-state index contributed by atoms with van der Waals surface area (Å²) in [7, 11) is 1.59. The van der Waals surface area contributed by atoms with E-state index in [0.717, 1.165) is 25.2 Å². The Kier molecular flexibility index (Phi) is 3.65. The highest BCUT2D eigenvalue weighted by Crippen LogP contribution is 2.21. The first-order valence-electron chi connectivity index (χ1n) is 6.23. The topological polar surface area (TPSA) is 44.1 Å². The summed E-state index contributed by atoms with van der Waals surface area (Å²) in [6.07, 6.45) is 2.04. The zero-order valence-corrected chi connectivity index (χ0v) is 11.1. The summed E-state index contributed by atoms with van der Waals surface area (Å²) in [6.45, 7) is 4.70. The minimum absolute atomic E-state index is 0.0184. The molecular weight excluding hydrogens is 228 g/mol. The van der Waals surface area contributed by atoms with Gasteiger partial charge in [0.2, 0.25) is 0 Å². The third kappa shape index (κ3) is 2.10. The molecule has 18 heavy (non-hydrogen) atoms. The number of aryl methyl sites for hydroxylation is 1. The Balaban J connectivity index is 2.67. The second kappa shape index (κ2) is 5.21. The monoisotopic (exact) mass is 246 g/mol. The second-order valence-corrected chi connectivity index (χ2v) is 4.33. The van der Waals surface area contributed by atoms with Crippen LogP contribution < -0.4 is 10.3 Å². The van der Waals surface area contributed by atoms with Crippen LogP contribution in [-0.4, -0.2) is 16.7 Å². The highest BCUT2D eigenvalue weighted by atomic mass is 16.5. The Hall–Kier alpha value is -1.84. The Morgan fingerprint density at radius 2 is 2.17 bits per heavy atom.